The number of carboxylic acids is 1. The Morgan fingerprint density at radius 3 is 2.79 bits per heavy atom. The maximum atomic E-state index is 11.3. The molecule has 0 aromatic carbocycles. The quantitative estimate of drug-likeness (QED) is 0.385. The third kappa shape index (κ3) is 2.95. The van der Waals surface area contributed by atoms with Crippen LogP contribution in [0.4, 0.5) is 0 Å². The number of aliphatic carboxylic acids is 1. The van der Waals surface area contributed by atoms with Crippen molar-refractivity contribution in [3.05, 3.63) is 0 Å². The van der Waals surface area contributed by atoms with Crippen LogP contribution in [0, 0.1) is 0 Å². The Balaban J connectivity index is 2.20. The topological polar surface area (TPSA) is 150 Å². The molecule has 2 rings (SSSR count). The van der Waals surface area contributed by atoms with E-state index in [9.17, 15) is 13.2 Å². The fraction of sp³-hybridized carbons (Fsp3) is 0.667. The molecule has 2 aliphatic heterocycles. The minimum absolute atomic E-state index is 0.194. The molecule has 0 aliphatic carbocycles. The molecule has 2 aliphatic rings. The zero-order valence-electron chi connectivity index (χ0n) is 9.49. The second kappa shape index (κ2) is 5.04. The summed E-state index contributed by atoms with van der Waals surface area (Å²) in [5.74, 6) is -1.32. The summed E-state index contributed by atoms with van der Waals surface area (Å²) < 4.78 is 31.9. The SMILES string of the molecule is O=C(O)C1CN=NN1N(NN1C=NCC1)S(=O)(=O)O. The predicted molar refractivity (Wildman–Crippen MR) is 59.6 cm³/mol. The van der Waals surface area contributed by atoms with Crippen molar-refractivity contribution < 1.29 is 22.9 Å². The highest BCUT2D eigenvalue weighted by Gasteiger charge is 2.40. The average Bonchev–Trinajstić information content (AvgIpc) is 2.95. The van der Waals surface area contributed by atoms with E-state index in [2.05, 4.69) is 20.9 Å². The van der Waals surface area contributed by atoms with Crippen molar-refractivity contribution in [2.75, 3.05) is 19.6 Å². The highest BCUT2D eigenvalue weighted by atomic mass is 32.2. The van der Waals surface area contributed by atoms with E-state index in [1.807, 2.05) is 0 Å². The van der Waals surface area contributed by atoms with Crippen LogP contribution in [0.5, 0.6) is 0 Å². The lowest BCUT2D eigenvalue weighted by atomic mass is 10.3. The minimum Gasteiger partial charge on any atom is -0.480 e. The van der Waals surface area contributed by atoms with Crippen molar-refractivity contribution in [2.24, 2.45) is 15.3 Å². The third-order valence-corrected chi connectivity index (χ3v) is 2.97. The van der Waals surface area contributed by atoms with Crippen LogP contribution in [0.1, 0.15) is 0 Å². The van der Waals surface area contributed by atoms with Crippen molar-refractivity contribution >= 4 is 22.6 Å². The Hall–Kier alpha value is -1.83. The Labute approximate surface area is 107 Å². The second-order valence-corrected chi connectivity index (χ2v) is 4.87. The maximum Gasteiger partial charge on any atom is 0.370 e. The number of nitrogens with one attached hydrogen (secondary N) is 1. The van der Waals surface area contributed by atoms with E-state index in [0.717, 1.165) is 0 Å². The average molecular weight is 293 g/mol. The zero-order valence-corrected chi connectivity index (χ0v) is 10.3. The lowest BCUT2D eigenvalue weighted by Crippen LogP contribution is -2.60. The first-order valence-electron chi connectivity index (χ1n) is 5.09. The van der Waals surface area contributed by atoms with E-state index >= 15 is 0 Å². The van der Waals surface area contributed by atoms with Crippen molar-refractivity contribution in [2.45, 2.75) is 6.04 Å². The van der Waals surface area contributed by atoms with Crippen LogP contribution in [0.2, 0.25) is 0 Å². The number of aliphatic imine (C=N–C) groups is 1. The van der Waals surface area contributed by atoms with Gasteiger partial charge < -0.3 is 5.11 Å². The van der Waals surface area contributed by atoms with Gasteiger partial charge in [-0.3, -0.25) is 14.6 Å². The van der Waals surface area contributed by atoms with Crippen LogP contribution in [0.15, 0.2) is 15.3 Å². The molecule has 0 fully saturated rings. The second-order valence-electron chi connectivity index (χ2n) is 3.62. The van der Waals surface area contributed by atoms with E-state index in [-0.39, 0.29) is 11.1 Å². The molecule has 0 spiro atoms. The molecular weight excluding hydrogens is 282 g/mol. The molecule has 19 heavy (non-hydrogen) atoms. The molecule has 0 radical (unpaired) electrons. The molecule has 2 heterocycles. The molecule has 0 aromatic heterocycles. The smallest absolute Gasteiger partial charge is 0.370 e. The summed E-state index contributed by atoms with van der Waals surface area (Å²) in [7, 11) is -4.77. The van der Waals surface area contributed by atoms with E-state index in [4.69, 9.17) is 9.66 Å². The summed E-state index contributed by atoms with van der Waals surface area (Å²) in [6.07, 6.45) is 1.31. The molecule has 0 aromatic rings. The van der Waals surface area contributed by atoms with Gasteiger partial charge in [-0.2, -0.15) is 18.6 Å². The minimum atomic E-state index is -4.77. The lowest BCUT2D eigenvalue weighted by Gasteiger charge is -2.31. The van der Waals surface area contributed by atoms with Crippen LogP contribution in [0.25, 0.3) is 0 Å². The maximum absolute atomic E-state index is 11.3. The van der Waals surface area contributed by atoms with Crippen LogP contribution in [-0.2, 0) is 15.1 Å². The molecule has 0 bridgehead atoms. The predicted octanol–water partition coefficient (Wildman–Crippen LogP) is -2.09. The number of hydrogen-bond acceptors (Lipinski definition) is 9. The van der Waals surface area contributed by atoms with Crippen molar-refractivity contribution in [1.29, 1.82) is 0 Å². The Morgan fingerprint density at radius 1 is 1.53 bits per heavy atom. The molecule has 0 saturated heterocycles. The largest absolute Gasteiger partial charge is 0.480 e. The van der Waals surface area contributed by atoms with Crippen molar-refractivity contribution in [1.82, 2.24) is 20.2 Å². The first kappa shape index (κ1) is 13.6. The molecule has 0 amide bonds. The van der Waals surface area contributed by atoms with Crippen molar-refractivity contribution in [3.8, 4) is 0 Å². The Kier molecular flexibility index (Phi) is 3.61. The number of hydrogen-bond donors (Lipinski definition) is 3. The van der Waals surface area contributed by atoms with E-state index in [0.29, 0.717) is 18.2 Å². The standard InChI is InChI=1S/C6H11N7O5S/c14-6(15)5-3-8-9-12(5)13(19(16,17)18)10-11-2-1-7-4-11/h4-5,10H,1-3H2,(H,14,15)(H,16,17,18). The summed E-state index contributed by atoms with van der Waals surface area (Å²) in [4.78, 5) is 14.8. The molecule has 13 heteroatoms. The first-order chi connectivity index (χ1) is 8.89. The Morgan fingerprint density at radius 2 is 2.26 bits per heavy atom. The number of hydrazine groups is 3. The van der Waals surface area contributed by atoms with Gasteiger partial charge >= 0.3 is 16.3 Å². The van der Waals surface area contributed by atoms with Gasteiger partial charge in [-0.05, 0) is 0 Å². The molecule has 0 saturated carbocycles. The molecule has 3 N–H and O–H groups in total. The highest BCUT2D eigenvalue weighted by Crippen LogP contribution is 2.15. The number of nitrogens with zero attached hydrogens (tertiary/aromatic N) is 6. The summed E-state index contributed by atoms with van der Waals surface area (Å²) >= 11 is 0. The Bertz CT molecular complexity index is 518. The molecule has 106 valence electrons. The van der Waals surface area contributed by atoms with Gasteiger partial charge in [0.15, 0.2) is 6.04 Å². The number of carboxylic acid groups (broad SMARTS) is 1. The molecule has 1 atom stereocenters. The van der Waals surface area contributed by atoms with E-state index in [1.165, 1.54) is 11.3 Å². The summed E-state index contributed by atoms with van der Waals surface area (Å²) in [6.45, 7) is 0.571. The third-order valence-electron chi connectivity index (χ3n) is 2.28. The van der Waals surface area contributed by atoms with E-state index in [1.54, 1.807) is 0 Å². The zero-order chi connectivity index (χ0) is 14.0. The van der Waals surface area contributed by atoms with Crippen LogP contribution < -0.4 is 5.53 Å². The highest BCUT2D eigenvalue weighted by molar-refractivity contribution is 7.83. The lowest BCUT2D eigenvalue weighted by molar-refractivity contribution is -0.150. The van der Waals surface area contributed by atoms with Gasteiger partial charge in [0.05, 0.1) is 19.6 Å². The van der Waals surface area contributed by atoms with Crippen LogP contribution >= 0.6 is 0 Å². The van der Waals surface area contributed by atoms with Crippen molar-refractivity contribution in [3.63, 3.8) is 0 Å². The van der Waals surface area contributed by atoms with Crippen LogP contribution in [-0.4, -0.2) is 70.7 Å². The van der Waals surface area contributed by atoms with E-state index < -0.39 is 22.3 Å². The van der Waals surface area contributed by atoms with Gasteiger partial charge in [0.2, 0.25) is 0 Å². The van der Waals surface area contributed by atoms with Gasteiger partial charge in [-0.25, -0.2) is 4.79 Å². The van der Waals surface area contributed by atoms with Gasteiger partial charge in [0.25, 0.3) is 0 Å². The summed E-state index contributed by atoms with van der Waals surface area (Å²) in [6, 6.07) is -1.33. The monoisotopic (exact) mass is 293 g/mol. The summed E-state index contributed by atoms with van der Waals surface area (Å²) in [5, 5.41) is 17.5. The number of rotatable bonds is 5. The van der Waals surface area contributed by atoms with Gasteiger partial charge in [-0.15, -0.1) is 5.53 Å². The van der Waals surface area contributed by atoms with Crippen LogP contribution in [0.3, 0.4) is 0 Å². The molecule has 1 unspecified atom stereocenters. The normalized spacial score (nSPS) is 22.7. The molecule has 12 nitrogen and oxygen atoms in total. The molecular formula is C6H11N7O5S. The van der Waals surface area contributed by atoms with Gasteiger partial charge in [0.1, 0.15) is 6.34 Å². The first-order valence-corrected chi connectivity index (χ1v) is 6.49. The fourth-order valence-electron chi connectivity index (χ4n) is 1.42. The number of carbonyl (C=O) groups is 1. The van der Waals surface area contributed by atoms with Gasteiger partial charge in [0, 0.05) is 4.52 Å². The summed E-state index contributed by atoms with van der Waals surface area (Å²) in [5.41, 5.74) is 2.27. The van der Waals surface area contributed by atoms with Gasteiger partial charge in [-0.1, -0.05) is 5.22 Å². The fourth-order valence-corrected chi connectivity index (χ4v) is 1.99.